The maximum Gasteiger partial charge on any atom is 0.116 e. The van der Waals surface area contributed by atoms with Crippen molar-refractivity contribution >= 4 is 5.84 Å². The third kappa shape index (κ3) is 5.45. The molecular formula is C16H25N3O. The zero-order valence-electron chi connectivity index (χ0n) is 12.6. The molecular weight excluding hydrogens is 250 g/mol. The molecule has 0 unspecified atom stereocenters. The molecule has 1 rings (SSSR count). The number of benzene rings is 1. The largest absolute Gasteiger partial charge is 0.386 e. The highest BCUT2D eigenvalue weighted by Crippen LogP contribution is 2.21. The molecule has 0 amide bonds. The highest BCUT2D eigenvalue weighted by atomic mass is 16.5. The van der Waals surface area contributed by atoms with Crippen LogP contribution in [0.4, 0.5) is 0 Å². The van der Waals surface area contributed by atoms with E-state index in [1.807, 2.05) is 30.3 Å². The molecule has 1 atom stereocenters. The lowest BCUT2D eigenvalue weighted by atomic mass is 9.92. The quantitative estimate of drug-likeness (QED) is 0.529. The summed E-state index contributed by atoms with van der Waals surface area (Å²) in [7, 11) is 0. The summed E-state index contributed by atoms with van der Waals surface area (Å²) in [4.78, 5) is 0. The van der Waals surface area contributed by atoms with Crippen LogP contribution in [0.5, 0.6) is 0 Å². The minimum Gasteiger partial charge on any atom is -0.386 e. The van der Waals surface area contributed by atoms with Gasteiger partial charge in [0.05, 0.1) is 13.2 Å². The standard InChI is InChI=1S/C16H25N3O/c1-12(16(2,3)4)19-14(15(17)18)11-20-10-13-8-6-5-7-9-13/h5-9,14,19H,1,10-11H2,2-4H3,(H3,17,18)/t14-/m1/s1. The van der Waals surface area contributed by atoms with Gasteiger partial charge >= 0.3 is 0 Å². The maximum atomic E-state index is 7.63. The fourth-order valence-corrected chi connectivity index (χ4v) is 1.50. The van der Waals surface area contributed by atoms with Gasteiger partial charge in [-0.05, 0) is 5.56 Å². The van der Waals surface area contributed by atoms with Gasteiger partial charge in [0.2, 0.25) is 0 Å². The van der Waals surface area contributed by atoms with Gasteiger partial charge in [0.25, 0.3) is 0 Å². The molecule has 110 valence electrons. The summed E-state index contributed by atoms with van der Waals surface area (Å²) < 4.78 is 5.63. The molecule has 0 bridgehead atoms. The molecule has 4 N–H and O–H groups in total. The second kappa shape index (κ2) is 7.10. The van der Waals surface area contributed by atoms with Crippen LogP contribution in [0.15, 0.2) is 42.6 Å². The van der Waals surface area contributed by atoms with Crippen LogP contribution >= 0.6 is 0 Å². The minimum atomic E-state index is -0.342. The van der Waals surface area contributed by atoms with E-state index >= 15 is 0 Å². The Morgan fingerprint density at radius 1 is 1.35 bits per heavy atom. The van der Waals surface area contributed by atoms with Crippen molar-refractivity contribution in [1.29, 1.82) is 5.41 Å². The number of hydrogen-bond donors (Lipinski definition) is 3. The molecule has 0 heterocycles. The molecule has 0 radical (unpaired) electrons. The molecule has 0 fully saturated rings. The van der Waals surface area contributed by atoms with E-state index in [0.717, 1.165) is 11.3 Å². The average Bonchev–Trinajstić information content (AvgIpc) is 2.37. The van der Waals surface area contributed by atoms with Crippen molar-refractivity contribution in [3.05, 3.63) is 48.2 Å². The molecule has 4 heteroatoms. The Kier molecular flexibility index (Phi) is 5.77. The Balaban J connectivity index is 2.48. The smallest absolute Gasteiger partial charge is 0.116 e. The number of rotatable bonds is 7. The van der Waals surface area contributed by atoms with Gasteiger partial charge in [-0.25, -0.2) is 0 Å². The fourth-order valence-electron chi connectivity index (χ4n) is 1.50. The first-order chi connectivity index (χ1) is 9.30. The minimum absolute atomic E-state index is 0.0588. The van der Waals surface area contributed by atoms with Crippen LogP contribution < -0.4 is 11.1 Å². The molecule has 0 spiro atoms. The molecule has 0 saturated heterocycles. The molecule has 0 aliphatic heterocycles. The topological polar surface area (TPSA) is 71.1 Å². The summed E-state index contributed by atoms with van der Waals surface area (Å²) >= 11 is 0. The molecule has 0 aromatic heterocycles. The normalized spacial score (nSPS) is 12.8. The summed E-state index contributed by atoms with van der Waals surface area (Å²) in [5.41, 5.74) is 7.48. The Hall–Kier alpha value is -1.81. The summed E-state index contributed by atoms with van der Waals surface area (Å²) in [6, 6.07) is 9.58. The van der Waals surface area contributed by atoms with E-state index in [4.69, 9.17) is 15.9 Å². The second-order valence-electron chi connectivity index (χ2n) is 5.88. The first kappa shape index (κ1) is 16.2. The second-order valence-corrected chi connectivity index (χ2v) is 5.88. The Morgan fingerprint density at radius 3 is 2.45 bits per heavy atom. The van der Waals surface area contributed by atoms with Crippen molar-refractivity contribution in [1.82, 2.24) is 5.32 Å². The predicted octanol–water partition coefficient (Wildman–Crippen LogP) is 2.66. The molecule has 4 nitrogen and oxygen atoms in total. The van der Waals surface area contributed by atoms with Gasteiger partial charge in [0.1, 0.15) is 11.9 Å². The zero-order chi connectivity index (χ0) is 15.2. The van der Waals surface area contributed by atoms with E-state index in [1.165, 1.54) is 0 Å². The first-order valence-corrected chi connectivity index (χ1v) is 6.72. The van der Waals surface area contributed by atoms with Crippen molar-refractivity contribution in [2.24, 2.45) is 11.1 Å². The Bertz CT molecular complexity index is 449. The van der Waals surface area contributed by atoms with E-state index in [9.17, 15) is 0 Å². The summed E-state index contributed by atoms with van der Waals surface area (Å²) in [5, 5.41) is 10.8. The van der Waals surface area contributed by atoms with Crippen molar-refractivity contribution in [3.63, 3.8) is 0 Å². The summed E-state index contributed by atoms with van der Waals surface area (Å²) in [6.45, 7) is 11.0. The van der Waals surface area contributed by atoms with Crippen LogP contribution in [-0.2, 0) is 11.3 Å². The summed E-state index contributed by atoms with van der Waals surface area (Å²) in [5.74, 6) is 0.0588. The SMILES string of the molecule is C=C(N[C@H](COCc1ccccc1)C(=N)N)C(C)(C)C. The van der Waals surface area contributed by atoms with Crippen molar-refractivity contribution in [2.45, 2.75) is 33.4 Å². The average molecular weight is 275 g/mol. The number of hydrogen-bond acceptors (Lipinski definition) is 3. The van der Waals surface area contributed by atoms with Gasteiger partial charge in [-0.15, -0.1) is 0 Å². The van der Waals surface area contributed by atoms with Gasteiger partial charge in [-0.1, -0.05) is 57.7 Å². The first-order valence-electron chi connectivity index (χ1n) is 6.72. The maximum absolute atomic E-state index is 7.63. The number of nitrogens with two attached hydrogens (primary N) is 1. The number of amidine groups is 1. The predicted molar refractivity (Wildman–Crippen MR) is 83.5 cm³/mol. The van der Waals surface area contributed by atoms with Crippen molar-refractivity contribution in [3.8, 4) is 0 Å². The lowest BCUT2D eigenvalue weighted by Gasteiger charge is -2.28. The van der Waals surface area contributed by atoms with Crippen molar-refractivity contribution < 1.29 is 4.74 Å². The van der Waals surface area contributed by atoms with E-state index in [-0.39, 0.29) is 17.3 Å². The Labute approximate surface area is 121 Å². The van der Waals surface area contributed by atoms with Crippen LogP contribution in [0.3, 0.4) is 0 Å². The zero-order valence-corrected chi connectivity index (χ0v) is 12.6. The van der Waals surface area contributed by atoms with Gasteiger partial charge in [0, 0.05) is 11.1 Å². The number of ether oxygens (including phenoxy) is 1. The van der Waals surface area contributed by atoms with Crippen LogP contribution in [0, 0.1) is 10.8 Å². The van der Waals surface area contributed by atoms with E-state index in [1.54, 1.807) is 0 Å². The highest BCUT2D eigenvalue weighted by molar-refractivity contribution is 5.83. The fraction of sp³-hybridized carbons (Fsp3) is 0.438. The van der Waals surface area contributed by atoms with E-state index < -0.39 is 0 Å². The number of allylic oxidation sites excluding steroid dienone is 1. The van der Waals surface area contributed by atoms with Gasteiger partial charge in [0.15, 0.2) is 0 Å². The van der Waals surface area contributed by atoms with E-state index in [2.05, 4.69) is 32.7 Å². The van der Waals surface area contributed by atoms with Crippen LogP contribution in [0.2, 0.25) is 0 Å². The molecule has 1 aromatic carbocycles. The number of nitrogens with one attached hydrogen (secondary N) is 2. The Morgan fingerprint density at radius 2 is 1.95 bits per heavy atom. The molecule has 0 aliphatic rings. The lowest BCUT2D eigenvalue weighted by molar-refractivity contribution is 0.113. The van der Waals surface area contributed by atoms with Crippen LogP contribution in [0.1, 0.15) is 26.3 Å². The molecule has 20 heavy (non-hydrogen) atoms. The van der Waals surface area contributed by atoms with Crippen LogP contribution in [-0.4, -0.2) is 18.5 Å². The molecule has 1 aromatic rings. The third-order valence-corrected chi connectivity index (χ3v) is 3.03. The van der Waals surface area contributed by atoms with Gasteiger partial charge in [-0.3, -0.25) is 5.41 Å². The van der Waals surface area contributed by atoms with E-state index in [0.29, 0.717) is 13.2 Å². The molecule has 0 saturated carbocycles. The monoisotopic (exact) mass is 275 g/mol. The third-order valence-electron chi connectivity index (χ3n) is 3.03. The lowest BCUT2D eigenvalue weighted by Crippen LogP contribution is -2.45. The molecule has 0 aliphatic carbocycles. The van der Waals surface area contributed by atoms with Crippen molar-refractivity contribution in [2.75, 3.05) is 6.61 Å². The van der Waals surface area contributed by atoms with Gasteiger partial charge in [-0.2, -0.15) is 0 Å². The van der Waals surface area contributed by atoms with Gasteiger partial charge < -0.3 is 15.8 Å². The van der Waals surface area contributed by atoms with Crippen LogP contribution in [0.25, 0.3) is 0 Å². The summed E-state index contributed by atoms with van der Waals surface area (Å²) in [6.07, 6.45) is 0. The highest BCUT2D eigenvalue weighted by Gasteiger charge is 2.20.